The van der Waals surface area contributed by atoms with Crippen LogP contribution in [0.2, 0.25) is 0 Å². The van der Waals surface area contributed by atoms with Crippen LogP contribution in [0.4, 0.5) is 0 Å². The van der Waals surface area contributed by atoms with E-state index >= 15 is 0 Å². The molecule has 0 saturated carbocycles. The Morgan fingerprint density at radius 2 is 0.984 bits per heavy atom. The van der Waals surface area contributed by atoms with Gasteiger partial charge in [-0.25, -0.2) is 0 Å². The summed E-state index contributed by atoms with van der Waals surface area (Å²) >= 11 is 0. The first-order valence-corrected chi connectivity index (χ1v) is 24.4. The highest BCUT2D eigenvalue weighted by molar-refractivity contribution is 5.69. The minimum atomic E-state index is -1.83. The number of carbonyl (C=O) groups excluding carboxylic acids is 2. The molecular formula is C47H88O15. The molecule has 0 spiro atoms. The van der Waals surface area contributed by atoms with Crippen LogP contribution in [0.3, 0.4) is 0 Å². The topological polar surface area (TPSA) is 231 Å². The van der Waals surface area contributed by atoms with E-state index in [1.165, 1.54) is 89.9 Å². The first kappa shape index (κ1) is 56.6. The Bertz CT molecular complexity index is 1130. The summed E-state index contributed by atoms with van der Waals surface area (Å²) in [6.45, 7) is 7.09. The normalized spacial score (nSPS) is 28.0. The summed E-state index contributed by atoms with van der Waals surface area (Å²) in [5, 5.41) is 73.7. The van der Waals surface area contributed by atoms with Gasteiger partial charge in [-0.05, 0) is 24.7 Å². The fourth-order valence-corrected chi connectivity index (χ4v) is 7.84. The van der Waals surface area contributed by atoms with Crippen molar-refractivity contribution in [3.63, 3.8) is 0 Å². The van der Waals surface area contributed by atoms with Gasteiger partial charge in [-0.15, -0.1) is 0 Å². The van der Waals surface area contributed by atoms with Crippen molar-refractivity contribution in [3.05, 3.63) is 0 Å². The van der Waals surface area contributed by atoms with Crippen molar-refractivity contribution >= 4 is 11.9 Å². The molecule has 15 nitrogen and oxygen atoms in total. The van der Waals surface area contributed by atoms with Crippen LogP contribution in [0.25, 0.3) is 0 Å². The maximum atomic E-state index is 12.7. The molecule has 0 amide bonds. The third kappa shape index (κ3) is 23.1. The average Bonchev–Trinajstić information content (AvgIpc) is 3.26. The van der Waals surface area contributed by atoms with Crippen molar-refractivity contribution in [3.8, 4) is 0 Å². The third-order valence-electron chi connectivity index (χ3n) is 12.6. The Labute approximate surface area is 372 Å². The van der Waals surface area contributed by atoms with E-state index in [4.69, 9.17) is 28.4 Å². The molecule has 13 atom stereocenters. The summed E-state index contributed by atoms with van der Waals surface area (Å²) in [6.07, 6.45) is 7.93. The highest BCUT2D eigenvalue weighted by Gasteiger charge is 2.51. The highest BCUT2D eigenvalue weighted by Crippen LogP contribution is 2.30. The van der Waals surface area contributed by atoms with Crippen molar-refractivity contribution in [2.75, 3.05) is 26.4 Å². The number of esters is 2. The van der Waals surface area contributed by atoms with E-state index in [0.717, 1.165) is 50.4 Å². The zero-order valence-electron chi connectivity index (χ0n) is 38.7. The molecule has 366 valence electrons. The van der Waals surface area contributed by atoms with Gasteiger partial charge in [-0.3, -0.25) is 9.59 Å². The van der Waals surface area contributed by atoms with Crippen LogP contribution >= 0.6 is 0 Å². The lowest BCUT2D eigenvalue weighted by atomic mass is 9.97. The third-order valence-corrected chi connectivity index (χ3v) is 12.6. The quantitative estimate of drug-likeness (QED) is 0.0293. The number of aliphatic hydroxyl groups excluding tert-OH is 7. The van der Waals surface area contributed by atoms with Gasteiger partial charge in [0.25, 0.3) is 0 Å². The summed E-state index contributed by atoms with van der Waals surface area (Å²) in [5.74, 6) is 0.655. The summed E-state index contributed by atoms with van der Waals surface area (Å²) in [7, 11) is 0. The maximum Gasteiger partial charge on any atom is 0.305 e. The summed E-state index contributed by atoms with van der Waals surface area (Å²) in [5.41, 5.74) is 0. The molecular weight excluding hydrogens is 805 g/mol. The monoisotopic (exact) mass is 893 g/mol. The summed E-state index contributed by atoms with van der Waals surface area (Å²) in [6, 6.07) is 0. The standard InChI is InChI=1S/C47H88O15/c1-5-33(3)25-21-17-13-9-7-8-10-15-19-23-27-38(50)57-30-35(49)31-59-46-44(56)45(62-47-43(55)42(54)40(52)36(29-48)60-47)41(53)37(61-46)32-58-39(51)28-24-20-16-12-11-14-18-22-26-34(4)6-2/h33-37,40-49,52-56H,5-32H2,1-4H3/t33-,34+,35-,36+,37+,40+,41+,42-,43+,44-,45-,46-,47+/m0/s1. The lowest BCUT2D eigenvalue weighted by Gasteiger charge is -2.46. The minimum Gasteiger partial charge on any atom is -0.463 e. The molecule has 0 bridgehead atoms. The molecule has 0 aliphatic carbocycles. The largest absolute Gasteiger partial charge is 0.463 e. The average molecular weight is 893 g/mol. The molecule has 0 aromatic carbocycles. The summed E-state index contributed by atoms with van der Waals surface area (Å²) in [4.78, 5) is 25.0. The van der Waals surface area contributed by atoms with Crippen molar-refractivity contribution in [2.45, 2.75) is 249 Å². The van der Waals surface area contributed by atoms with E-state index in [9.17, 15) is 45.3 Å². The van der Waals surface area contributed by atoms with E-state index in [2.05, 4.69) is 27.7 Å². The Balaban J connectivity index is 1.79. The van der Waals surface area contributed by atoms with Crippen molar-refractivity contribution in [1.82, 2.24) is 0 Å². The van der Waals surface area contributed by atoms with Gasteiger partial charge < -0.3 is 64.2 Å². The van der Waals surface area contributed by atoms with Crippen molar-refractivity contribution in [1.29, 1.82) is 0 Å². The van der Waals surface area contributed by atoms with Crippen LogP contribution in [-0.4, -0.2) is 142 Å². The zero-order valence-corrected chi connectivity index (χ0v) is 38.7. The van der Waals surface area contributed by atoms with E-state index in [1.807, 2.05) is 0 Å². The molecule has 0 unspecified atom stereocenters. The number of hydrogen-bond acceptors (Lipinski definition) is 15. The second kappa shape index (κ2) is 33.9. The molecule has 15 heteroatoms. The lowest BCUT2D eigenvalue weighted by Crippen LogP contribution is -2.65. The summed E-state index contributed by atoms with van der Waals surface area (Å²) < 4.78 is 33.3. The predicted molar refractivity (Wildman–Crippen MR) is 234 cm³/mol. The first-order chi connectivity index (χ1) is 29.8. The molecule has 2 rings (SSSR count). The van der Waals surface area contributed by atoms with Crippen molar-refractivity contribution in [2.24, 2.45) is 11.8 Å². The Morgan fingerprint density at radius 1 is 0.532 bits per heavy atom. The van der Waals surface area contributed by atoms with Crippen LogP contribution in [0.15, 0.2) is 0 Å². The fourth-order valence-electron chi connectivity index (χ4n) is 7.84. The first-order valence-electron chi connectivity index (χ1n) is 24.4. The van der Waals surface area contributed by atoms with Gasteiger partial charge in [0.1, 0.15) is 68.1 Å². The van der Waals surface area contributed by atoms with E-state index in [-0.39, 0.29) is 19.4 Å². The van der Waals surface area contributed by atoms with Crippen LogP contribution < -0.4 is 0 Å². The number of aliphatic hydroxyl groups is 7. The second-order valence-electron chi connectivity index (χ2n) is 18.1. The van der Waals surface area contributed by atoms with E-state index in [1.54, 1.807) is 0 Å². The highest BCUT2D eigenvalue weighted by atomic mass is 16.7. The van der Waals surface area contributed by atoms with E-state index < -0.39 is 99.3 Å². The van der Waals surface area contributed by atoms with Gasteiger partial charge in [-0.1, -0.05) is 156 Å². The van der Waals surface area contributed by atoms with Crippen LogP contribution in [0.1, 0.15) is 182 Å². The van der Waals surface area contributed by atoms with Gasteiger partial charge >= 0.3 is 11.9 Å². The number of unbranched alkanes of at least 4 members (excludes halogenated alkanes) is 16. The Hall–Kier alpha value is -1.50. The Morgan fingerprint density at radius 3 is 1.47 bits per heavy atom. The molecule has 2 fully saturated rings. The number of hydrogen-bond donors (Lipinski definition) is 7. The molecule has 2 aliphatic heterocycles. The minimum absolute atomic E-state index is 0.162. The Kier molecular flexibility index (Phi) is 31.0. The van der Waals surface area contributed by atoms with Gasteiger partial charge in [0.05, 0.1) is 13.2 Å². The SMILES string of the molecule is CC[C@@H](C)CCCCCCCCCCC(=O)OC[C@H]1O[C@H](OC[C@@H](O)COC(=O)CCCCCCCCCCCC[C@@H](C)CC)[C@@H](O)[C@@H](O[C@H]2O[C@H](CO)[C@@H](O)[C@H](O)[C@H]2O)[C@@H]1O. The molecule has 2 saturated heterocycles. The smallest absolute Gasteiger partial charge is 0.305 e. The molecule has 7 N–H and O–H groups in total. The molecule has 0 radical (unpaired) electrons. The van der Waals surface area contributed by atoms with Crippen molar-refractivity contribution < 1.29 is 73.8 Å². The van der Waals surface area contributed by atoms with E-state index in [0.29, 0.717) is 12.8 Å². The van der Waals surface area contributed by atoms with Crippen LogP contribution in [0, 0.1) is 11.8 Å². The number of rotatable bonds is 36. The molecule has 0 aromatic rings. The second-order valence-corrected chi connectivity index (χ2v) is 18.1. The fraction of sp³-hybridized carbons (Fsp3) is 0.957. The molecule has 2 aliphatic rings. The molecule has 62 heavy (non-hydrogen) atoms. The maximum absolute atomic E-state index is 12.7. The van der Waals surface area contributed by atoms with Crippen LogP contribution in [-0.2, 0) is 38.0 Å². The van der Waals surface area contributed by atoms with Gasteiger partial charge in [0, 0.05) is 12.8 Å². The zero-order chi connectivity index (χ0) is 45.7. The molecule has 2 heterocycles. The van der Waals surface area contributed by atoms with Gasteiger partial charge in [0.15, 0.2) is 12.6 Å². The lowest BCUT2D eigenvalue weighted by molar-refractivity contribution is -0.361. The molecule has 0 aromatic heterocycles. The van der Waals surface area contributed by atoms with Crippen LogP contribution in [0.5, 0.6) is 0 Å². The van der Waals surface area contributed by atoms with Gasteiger partial charge in [-0.2, -0.15) is 0 Å². The number of ether oxygens (including phenoxy) is 6. The predicted octanol–water partition coefficient (Wildman–Crippen LogP) is 5.76. The number of carbonyl (C=O) groups is 2. The van der Waals surface area contributed by atoms with Gasteiger partial charge in [0.2, 0.25) is 0 Å².